The smallest absolute Gasteiger partial charge is 0.258 e. The highest BCUT2D eigenvalue weighted by molar-refractivity contribution is 5.98. The zero-order chi connectivity index (χ0) is 15.2. The first-order valence-electron chi connectivity index (χ1n) is 7.45. The predicted molar refractivity (Wildman–Crippen MR) is 80.4 cm³/mol. The van der Waals surface area contributed by atoms with Crippen LogP contribution in [0.15, 0.2) is 36.5 Å². The topological polar surface area (TPSA) is 59.4 Å². The molecule has 1 aromatic heterocycles. The summed E-state index contributed by atoms with van der Waals surface area (Å²) in [6, 6.07) is 9.41. The van der Waals surface area contributed by atoms with Gasteiger partial charge in [0.2, 0.25) is 0 Å². The van der Waals surface area contributed by atoms with Crippen molar-refractivity contribution in [3.63, 3.8) is 0 Å². The van der Waals surface area contributed by atoms with E-state index in [9.17, 15) is 4.79 Å². The minimum atomic E-state index is -0.607. The third-order valence-electron chi connectivity index (χ3n) is 4.40. The molecule has 2 aliphatic heterocycles. The molecule has 1 unspecified atom stereocenters. The van der Waals surface area contributed by atoms with Crippen LogP contribution in [0.4, 0.5) is 0 Å². The van der Waals surface area contributed by atoms with Gasteiger partial charge in [-0.2, -0.15) is 5.10 Å². The van der Waals surface area contributed by atoms with E-state index < -0.39 is 5.72 Å². The van der Waals surface area contributed by atoms with Crippen LogP contribution in [-0.2, 0) is 13.6 Å². The molecule has 2 aliphatic rings. The molecule has 0 saturated carbocycles. The number of carbonyl (C=O) groups is 1. The number of hydrogen-bond acceptors (Lipinski definition) is 4. The number of aromatic nitrogens is 2. The van der Waals surface area contributed by atoms with E-state index in [0.717, 1.165) is 25.2 Å². The van der Waals surface area contributed by atoms with Gasteiger partial charge in [-0.05, 0) is 18.2 Å². The number of aryl methyl sites for hydroxylation is 1. The van der Waals surface area contributed by atoms with Gasteiger partial charge in [0.15, 0.2) is 5.72 Å². The first-order valence-corrected chi connectivity index (χ1v) is 7.45. The number of rotatable bonds is 2. The summed E-state index contributed by atoms with van der Waals surface area (Å²) in [7, 11) is 1.94. The van der Waals surface area contributed by atoms with Crippen LogP contribution in [0.2, 0.25) is 0 Å². The molecule has 6 heteroatoms. The fraction of sp³-hybridized carbons (Fsp3) is 0.375. The number of carbonyl (C=O) groups excluding carboxylic acids is 1. The first-order chi connectivity index (χ1) is 10.7. The molecular weight excluding hydrogens is 280 g/mol. The van der Waals surface area contributed by atoms with Gasteiger partial charge >= 0.3 is 0 Å². The van der Waals surface area contributed by atoms with Crippen LogP contribution in [0.5, 0.6) is 5.75 Å². The summed E-state index contributed by atoms with van der Waals surface area (Å²) in [6.45, 7) is 2.37. The zero-order valence-corrected chi connectivity index (χ0v) is 12.5. The lowest BCUT2D eigenvalue weighted by Crippen LogP contribution is -2.57. The second-order valence-electron chi connectivity index (χ2n) is 5.95. The Morgan fingerprint density at radius 3 is 3.05 bits per heavy atom. The maximum Gasteiger partial charge on any atom is 0.258 e. The third-order valence-corrected chi connectivity index (χ3v) is 4.40. The molecule has 1 aromatic carbocycles. The number of fused-ring (bicyclic) bond motifs is 1. The zero-order valence-electron chi connectivity index (χ0n) is 12.5. The number of benzene rings is 1. The summed E-state index contributed by atoms with van der Waals surface area (Å²) in [5, 5.41) is 7.24. The Hall–Kier alpha value is -2.34. The largest absolute Gasteiger partial charge is 0.466 e. The lowest BCUT2D eigenvalue weighted by atomic mass is 10.1. The Morgan fingerprint density at radius 2 is 2.23 bits per heavy atom. The minimum absolute atomic E-state index is 0.0516. The summed E-state index contributed by atoms with van der Waals surface area (Å²) < 4.78 is 8.01. The predicted octanol–water partition coefficient (Wildman–Crippen LogP) is 1.14. The Kier molecular flexibility index (Phi) is 2.94. The molecule has 1 N–H and O–H groups in total. The van der Waals surface area contributed by atoms with Gasteiger partial charge in [0.1, 0.15) is 5.75 Å². The highest BCUT2D eigenvalue weighted by atomic mass is 16.5. The van der Waals surface area contributed by atoms with Gasteiger partial charge < -0.3 is 10.1 Å². The second-order valence-corrected chi connectivity index (χ2v) is 5.95. The van der Waals surface area contributed by atoms with Crippen molar-refractivity contribution in [3.8, 4) is 5.75 Å². The number of nitrogens with zero attached hydrogens (tertiary/aromatic N) is 3. The van der Waals surface area contributed by atoms with E-state index in [-0.39, 0.29) is 5.91 Å². The molecule has 22 heavy (non-hydrogen) atoms. The van der Waals surface area contributed by atoms with Crippen molar-refractivity contribution < 1.29 is 9.53 Å². The summed E-state index contributed by atoms with van der Waals surface area (Å²) in [5.41, 5.74) is 1.15. The minimum Gasteiger partial charge on any atom is -0.466 e. The molecule has 1 atom stereocenters. The summed E-state index contributed by atoms with van der Waals surface area (Å²) in [5.74, 6) is 0.623. The quantitative estimate of drug-likeness (QED) is 0.903. The van der Waals surface area contributed by atoms with E-state index in [1.54, 1.807) is 12.3 Å². The van der Waals surface area contributed by atoms with Gasteiger partial charge in [0.05, 0.1) is 17.8 Å². The van der Waals surface area contributed by atoms with Gasteiger partial charge in [-0.3, -0.25) is 14.4 Å². The SMILES string of the molecule is Cn1nccc1CN1CCC2(C1)NC(=O)c1ccccc1O2. The summed E-state index contributed by atoms with van der Waals surface area (Å²) >= 11 is 0. The standard InChI is InChI=1S/C16H18N4O2/c1-19-12(6-8-17-19)10-20-9-7-16(11-20)18-15(21)13-4-2-3-5-14(13)22-16/h2-6,8H,7,9-11H2,1H3,(H,18,21). The number of amides is 1. The fourth-order valence-electron chi connectivity index (χ4n) is 3.22. The number of para-hydroxylation sites is 1. The molecule has 1 spiro atoms. The maximum atomic E-state index is 12.3. The molecule has 0 radical (unpaired) electrons. The van der Waals surface area contributed by atoms with E-state index in [1.165, 1.54) is 0 Å². The average molecular weight is 298 g/mol. The molecule has 114 valence electrons. The van der Waals surface area contributed by atoms with Gasteiger partial charge in [-0.15, -0.1) is 0 Å². The Morgan fingerprint density at radius 1 is 1.36 bits per heavy atom. The van der Waals surface area contributed by atoms with E-state index in [1.807, 2.05) is 36.0 Å². The molecular formula is C16H18N4O2. The van der Waals surface area contributed by atoms with Crippen LogP contribution >= 0.6 is 0 Å². The van der Waals surface area contributed by atoms with Crippen molar-refractivity contribution in [1.29, 1.82) is 0 Å². The fourth-order valence-corrected chi connectivity index (χ4v) is 3.22. The molecule has 6 nitrogen and oxygen atoms in total. The van der Waals surface area contributed by atoms with Crippen molar-refractivity contribution in [3.05, 3.63) is 47.8 Å². The number of ether oxygens (including phenoxy) is 1. The van der Waals surface area contributed by atoms with Crippen LogP contribution in [0.25, 0.3) is 0 Å². The van der Waals surface area contributed by atoms with Crippen LogP contribution < -0.4 is 10.1 Å². The molecule has 1 fully saturated rings. The molecule has 0 aliphatic carbocycles. The highest BCUT2D eigenvalue weighted by Gasteiger charge is 2.45. The molecule has 0 bridgehead atoms. The van der Waals surface area contributed by atoms with Crippen molar-refractivity contribution in [2.75, 3.05) is 13.1 Å². The molecule has 2 aromatic rings. The lowest BCUT2D eigenvalue weighted by Gasteiger charge is -2.36. The third kappa shape index (κ3) is 2.16. The van der Waals surface area contributed by atoms with Crippen molar-refractivity contribution >= 4 is 5.91 Å². The van der Waals surface area contributed by atoms with Crippen molar-refractivity contribution in [2.24, 2.45) is 7.05 Å². The Balaban J connectivity index is 1.53. The van der Waals surface area contributed by atoms with Crippen molar-refractivity contribution in [1.82, 2.24) is 20.0 Å². The van der Waals surface area contributed by atoms with Crippen LogP contribution in [0.1, 0.15) is 22.5 Å². The summed E-state index contributed by atoms with van der Waals surface area (Å²) in [6.07, 6.45) is 2.58. The Labute approximate surface area is 128 Å². The number of nitrogens with one attached hydrogen (secondary N) is 1. The van der Waals surface area contributed by atoms with Crippen LogP contribution in [0.3, 0.4) is 0 Å². The van der Waals surface area contributed by atoms with Gasteiger partial charge in [0.25, 0.3) is 5.91 Å². The van der Waals surface area contributed by atoms with Crippen LogP contribution in [0, 0.1) is 0 Å². The molecule has 1 saturated heterocycles. The molecule has 4 rings (SSSR count). The van der Waals surface area contributed by atoms with Gasteiger partial charge in [-0.1, -0.05) is 12.1 Å². The lowest BCUT2D eigenvalue weighted by molar-refractivity contribution is 0.0244. The van der Waals surface area contributed by atoms with Gasteiger partial charge in [0, 0.05) is 32.8 Å². The highest BCUT2D eigenvalue weighted by Crippen LogP contribution is 2.33. The normalized spacial score (nSPS) is 24.1. The van der Waals surface area contributed by atoms with E-state index >= 15 is 0 Å². The van der Waals surface area contributed by atoms with Crippen LogP contribution in [-0.4, -0.2) is 39.4 Å². The number of likely N-dealkylation sites (tertiary alicyclic amines) is 1. The number of hydrogen-bond donors (Lipinski definition) is 1. The van der Waals surface area contributed by atoms with Crippen molar-refractivity contribution in [2.45, 2.75) is 18.7 Å². The van der Waals surface area contributed by atoms with E-state index in [0.29, 0.717) is 17.9 Å². The first kappa shape index (κ1) is 13.3. The van der Waals surface area contributed by atoms with Gasteiger partial charge in [-0.25, -0.2) is 0 Å². The van der Waals surface area contributed by atoms with E-state index in [2.05, 4.69) is 15.3 Å². The maximum absolute atomic E-state index is 12.3. The second kappa shape index (κ2) is 4.84. The molecule has 3 heterocycles. The molecule has 1 amide bonds. The van der Waals surface area contributed by atoms with E-state index in [4.69, 9.17) is 4.74 Å². The average Bonchev–Trinajstić information content (AvgIpc) is 3.07. The Bertz CT molecular complexity index is 726. The summed E-state index contributed by atoms with van der Waals surface area (Å²) in [4.78, 5) is 14.6. The monoisotopic (exact) mass is 298 g/mol.